The van der Waals surface area contributed by atoms with Crippen molar-refractivity contribution in [3.63, 3.8) is 0 Å². The second-order valence-corrected chi connectivity index (χ2v) is 3.16. The molecule has 0 amide bonds. The molecule has 2 N–H and O–H groups in total. The first-order valence-corrected chi connectivity index (χ1v) is 4.94. The molecule has 0 spiro atoms. The van der Waals surface area contributed by atoms with Crippen LogP contribution in [-0.4, -0.2) is 33.0 Å². The summed E-state index contributed by atoms with van der Waals surface area (Å²) in [6.07, 6.45) is 1.47. The molecule has 2 aromatic heterocycles. The first-order valence-electron chi connectivity index (χ1n) is 4.94. The van der Waals surface area contributed by atoms with Crippen LogP contribution in [0.1, 0.15) is 13.8 Å². The Balaban J connectivity index is 2.58. The van der Waals surface area contributed by atoms with Gasteiger partial charge < -0.3 is 9.88 Å². The first-order chi connectivity index (χ1) is 7.26. The number of aromatic amines is 2. The van der Waals surface area contributed by atoms with Crippen LogP contribution in [-0.2, 0) is 0 Å². The third-order valence-corrected chi connectivity index (χ3v) is 2.35. The van der Waals surface area contributed by atoms with Gasteiger partial charge in [0.25, 0.3) is 5.56 Å². The molecule has 2 rings (SSSR count). The third kappa shape index (κ3) is 1.58. The van der Waals surface area contributed by atoms with Crippen molar-refractivity contribution in [3.05, 3.63) is 16.7 Å². The van der Waals surface area contributed by atoms with Gasteiger partial charge in [0.2, 0.25) is 5.95 Å². The average molecular weight is 207 g/mol. The van der Waals surface area contributed by atoms with Crippen molar-refractivity contribution >= 4 is 17.1 Å². The Morgan fingerprint density at radius 2 is 2.13 bits per heavy atom. The number of H-pyrrole nitrogens is 2. The SMILES string of the molecule is CCN(CC)c1nc2nc[nH]c2c(=O)[nH]1. The van der Waals surface area contributed by atoms with E-state index >= 15 is 0 Å². The van der Waals surface area contributed by atoms with Crippen LogP contribution < -0.4 is 10.5 Å². The second kappa shape index (κ2) is 3.72. The van der Waals surface area contributed by atoms with E-state index in [0.29, 0.717) is 17.1 Å². The number of nitrogens with zero attached hydrogens (tertiary/aromatic N) is 3. The highest BCUT2D eigenvalue weighted by molar-refractivity contribution is 5.69. The van der Waals surface area contributed by atoms with E-state index in [2.05, 4.69) is 19.9 Å². The number of anilines is 1. The standard InChI is InChI=1S/C9H13N5O/c1-3-14(4-2)9-12-7-6(8(15)13-9)10-5-11-7/h5H,3-4H2,1-2H3,(H2,10,11,12,13,15). The molecule has 0 fully saturated rings. The molecule has 0 aliphatic rings. The Hall–Kier alpha value is -1.85. The fourth-order valence-corrected chi connectivity index (χ4v) is 1.50. The number of nitrogens with one attached hydrogen (secondary N) is 2. The highest BCUT2D eigenvalue weighted by Crippen LogP contribution is 2.07. The smallest absolute Gasteiger partial charge is 0.278 e. The van der Waals surface area contributed by atoms with Crippen molar-refractivity contribution in [2.24, 2.45) is 0 Å². The summed E-state index contributed by atoms with van der Waals surface area (Å²) in [7, 11) is 0. The molecule has 0 bridgehead atoms. The van der Waals surface area contributed by atoms with Gasteiger partial charge in [0.1, 0.15) is 0 Å². The zero-order chi connectivity index (χ0) is 10.8. The van der Waals surface area contributed by atoms with Gasteiger partial charge in [0, 0.05) is 13.1 Å². The summed E-state index contributed by atoms with van der Waals surface area (Å²) in [5, 5.41) is 0. The zero-order valence-corrected chi connectivity index (χ0v) is 8.74. The maximum absolute atomic E-state index is 11.6. The number of rotatable bonds is 3. The largest absolute Gasteiger partial charge is 0.343 e. The van der Waals surface area contributed by atoms with E-state index in [9.17, 15) is 4.79 Å². The van der Waals surface area contributed by atoms with Crippen LogP contribution in [0.5, 0.6) is 0 Å². The molecule has 0 aliphatic heterocycles. The second-order valence-electron chi connectivity index (χ2n) is 3.16. The van der Waals surface area contributed by atoms with Crippen LogP contribution in [0.15, 0.2) is 11.1 Å². The summed E-state index contributed by atoms with van der Waals surface area (Å²) in [6, 6.07) is 0. The number of imidazole rings is 1. The molecule has 2 aromatic rings. The van der Waals surface area contributed by atoms with Gasteiger partial charge in [-0.1, -0.05) is 0 Å². The van der Waals surface area contributed by atoms with Crippen LogP contribution >= 0.6 is 0 Å². The summed E-state index contributed by atoms with van der Waals surface area (Å²) >= 11 is 0. The first kappa shape index (κ1) is 9.70. The molecule has 0 aliphatic carbocycles. The van der Waals surface area contributed by atoms with Gasteiger partial charge in [-0.3, -0.25) is 9.78 Å². The van der Waals surface area contributed by atoms with Crippen molar-refractivity contribution in [1.82, 2.24) is 19.9 Å². The molecular formula is C9H13N5O. The van der Waals surface area contributed by atoms with Gasteiger partial charge in [0.15, 0.2) is 11.2 Å². The lowest BCUT2D eigenvalue weighted by Gasteiger charge is -2.18. The van der Waals surface area contributed by atoms with Gasteiger partial charge in [-0.25, -0.2) is 4.98 Å². The van der Waals surface area contributed by atoms with Gasteiger partial charge in [0.05, 0.1) is 6.33 Å². The minimum Gasteiger partial charge on any atom is -0.343 e. The van der Waals surface area contributed by atoms with E-state index in [1.165, 1.54) is 6.33 Å². The van der Waals surface area contributed by atoms with Gasteiger partial charge >= 0.3 is 0 Å². The average Bonchev–Trinajstić information content (AvgIpc) is 2.68. The molecule has 6 nitrogen and oxygen atoms in total. The van der Waals surface area contributed by atoms with E-state index < -0.39 is 0 Å². The molecule has 0 unspecified atom stereocenters. The highest BCUT2D eigenvalue weighted by Gasteiger charge is 2.09. The normalized spacial score (nSPS) is 10.8. The Kier molecular flexibility index (Phi) is 2.40. The highest BCUT2D eigenvalue weighted by atomic mass is 16.1. The lowest BCUT2D eigenvalue weighted by atomic mass is 10.5. The third-order valence-electron chi connectivity index (χ3n) is 2.35. The van der Waals surface area contributed by atoms with E-state index in [-0.39, 0.29) is 5.56 Å². The van der Waals surface area contributed by atoms with Crippen molar-refractivity contribution in [2.45, 2.75) is 13.8 Å². The monoisotopic (exact) mass is 207 g/mol. The minimum atomic E-state index is -0.181. The summed E-state index contributed by atoms with van der Waals surface area (Å²) in [4.78, 5) is 27.3. The predicted molar refractivity (Wildman–Crippen MR) is 58.1 cm³/mol. The molecular weight excluding hydrogens is 194 g/mol. The predicted octanol–water partition coefficient (Wildman–Crippen LogP) is 0.492. The molecule has 2 heterocycles. The van der Waals surface area contributed by atoms with E-state index in [0.717, 1.165) is 13.1 Å². The summed E-state index contributed by atoms with van der Waals surface area (Å²) in [5.41, 5.74) is 0.700. The molecule has 80 valence electrons. The molecule has 0 radical (unpaired) electrons. The summed E-state index contributed by atoms with van der Waals surface area (Å²) in [6.45, 7) is 5.63. The maximum atomic E-state index is 11.6. The van der Waals surface area contributed by atoms with E-state index in [1.54, 1.807) is 0 Å². The topological polar surface area (TPSA) is 77.7 Å². The van der Waals surface area contributed by atoms with Crippen molar-refractivity contribution in [3.8, 4) is 0 Å². The molecule has 6 heteroatoms. The number of hydrogen-bond donors (Lipinski definition) is 2. The lowest BCUT2D eigenvalue weighted by Crippen LogP contribution is -2.26. The molecule has 0 aromatic carbocycles. The fraction of sp³-hybridized carbons (Fsp3) is 0.444. The number of aromatic nitrogens is 4. The Labute approximate surface area is 86.4 Å². The van der Waals surface area contributed by atoms with Crippen molar-refractivity contribution in [1.29, 1.82) is 0 Å². The van der Waals surface area contributed by atoms with E-state index in [1.807, 2.05) is 18.7 Å². The molecule has 0 saturated heterocycles. The Morgan fingerprint density at radius 1 is 1.40 bits per heavy atom. The quantitative estimate of drug-likeness (QED) is 0.768. The van der Waals surface area contributed by atoms with Crippen LogP contribution in [0.4, 0.5) is 5.95 Å². The van der Waals surface area contributed by atoms with Gasteiger partial charge in [-0.2, -0.15) is 4.98 Å². The lowest BCUT2D eigenvalue weighted by molar-refractivity contribution is 0.821. The Morgan fingerprint density at radius 3 is 2.80 bits per heavy atom. The molecule has 0 atom stereocenters. The van der Waals surface area contributed by atoms with Crippen LogP contribution in [0.2, 0.25) is 0 Å². The van der Waals surface area contributed by atoms with Crippen molar-refractivity contribution < 1.29 is 0 Å². The number of hydrogen-bond acceptors (Lipinski definition) is 4. The van der Waals surface area contributed by atoms with Crippen LogP contribution in [0, 0.1) is 0 Å². The van der Waals surface area contributed by atoms with Gasteiger partial charge in [-0.05, 0) is 13.8 Å². The van der Waals surface area contributed by atoms with Crippen LogP contribution in [0.25, 0.3) is 11.2 Å². The fourth-order valence-electron chi connectivity index (χ4n) is 1.50. The Bertz CT molecular complexity index is 510. The van der Waals surface area contributed by atoms with Crippen molar-refractivity contribution in [2.75, 3.05) is 18.0 Å². The number of fused-ring (bicyclic) bond motifs is 1. The minimum absolute atomic E-state index is 0.181. The molecule has 15 heavy (non-hydrogen) atoms. The van der Waals surface area contributed by atoms with Gasteiger partial charge in [-0.15, -0.1) is 0 Å². The maximum Gasteiger partial charge on any atom is 0.278 e. The summed E-state index contributed by atoms with van der Waals surface area (Å²) in [5.74, 6) is 0.574. The van der Waals surface area contributed by atoms with Crippen LogP contribution in [0.3, 0.4) is 0 Å². The zero-order valence-electron chi connectivity index (χ0n) is 8.74. The van der Waals surface area contributed by atoms with E-state index in [4.69, 9.17) is 0 Å². The summed E-state index contributed by atoms with van der Waals surface area (Å²) < 4.78 is 0. The molecule has 0 saturated carbocycles.